The van der Waals surface area contributed by atoms with Gasteiger partial charge in [0.1, 0.15) is 5.82 Å². The van der Waals surface area contributed by atoms with Gasteiger partial charge in [0, 0.05) is 26.3 Å². The third kappa shape index (κ3) is 3.51. The molecule has 1 rings (SSSR count). The van der Waals surface area contributed by atoms with E-state index in [1.54, 1.807) is 0 Å². The van der Waals surface area contributed by atoms with E-state index in [-0.39, 0.29) is 0 Å². The van der Waals surface area contributed by atoms with Gasteiger partial charge in [-0.3, -0.25) is 0 Å². The van der Waals surface area contributed by atoms with Crippen molar-refractivity contribution in [2.24, 2.45) is 0 Å². The van der Waals surface area contributed by atoms with Crippen LogP contribution in [0, 0.1) is 0 Å². The van der Waals surface area contributed by atoms with E-state index in [0.29, 0.717) is 5.02 Å². The van der Waals surface area contributed by atoms with Crippen LogP contribution in [0.3, 0.4) is 0 Å². The Kier molecular flexibility index (Phi) is 4.77. The van der Waals surface area contributed by atoms with Gasteiger partial charge in [-0.2, -0.15) is 0 Å². The Morgan fingerprint density at radius 3 is 2.81 bits per heavy atom. The maximum Gasteiger partial charge on any atom is 0.147 e. The molecule has 0 aliphatic carbocycles. The molecule has 1 heterocycles. The summed E-state index contributed by atoms with van der Waals surface area (Å²) >= 11 is 6.18. The van der Waals surface area contributed by atoms with Crippen LogP contribution >= 0.6 is 11.6 Å². The number of likely N-dealkylation sites (N-methyl/N-ethyl adjacent to an activating group) is 1. The Morgan fingerprint density at radius 2 is 2.31 bits per heavy atom. The zero-order valence-corrected chi connectivity index (χ0v) is 10.8. The highest BCUT2D eigenvalue weighted by atomic mass is 35.5. The monoisotopic (exact) mass is 239 g/mol. The normalized spacial score (nSPS) is 10.2. The molecule has 16 heavy (non-hydrogen) atoms. The maximum absolute atomic E-state index is 6.18. The van der Waals surface area contributed by atoms with Crippen LogP contribution in [0.1, 0.15) is 12.5 Å². The maximum atomic E-state index is 6.18. The fourth-order valence-corrected chi connectivity index (χ4v) is 1.86. The summed E-state index contributed by atoms with van der Waals surface area (Å²) in [4.78, 5) is 6.36. The van der Waals surface area contributed by atoms with Crippen molar-refractivity contribution in [1.29, 1.82) is 0 Å². The van der Waals surface area contributed by atoms with Crippen LogP contribution in [-0.2, 0) is 6.54 Å². The molecule has 0 saturated heterocycles. The molecule has 0 atom stereocenters. The fraction of sp³-hybridized carbons (Fsp3) is 0.417. The van der Waals surface area contributed by atoms with Gasteiger partial charge in [-0.05, 0) is 25.6 Å². The summed E-state index contributed by atoms with van der Waals surface area (Å²) in [6.45, 7) is 7.40. The first-order chi connectivity index (χ1) is 7.54. The average Bonchev–Trinajstić information content (AvgIpc) is 2.16. The number of nitrogens with zero attached hydrogens (tertiary/aromatic N) is 2. The molecule has 3 nitrogen and oxygen atoms in total. The van der Waals surface area contributed by atoms with E-state index >= 15 is 0 Å². The van der Waals surface area contributed by atoms with Crippen LogP contribution in [0.5, 0.6) is 0 Å². The summed E-state index contributed by atoms with van der Waals surface area (Å²) in [5, 5.41) is 3.74. The largest absolute Gasteiger partial charge is 0.354 e. The summed E-state index contributed by atoms with van der Waals surface area (Å²) in [6, 6.07) is 1.94. The summed E-state index contributed by atoms with van der Waals surface area (Å²) < 4.78 is 0. The molecule has 0 saturated carbocycles. The number of pyridine rings is 1. The van der Waals surface area contributed by atoms with E-state index in [2.05, 4.69) is 16.9 Å². The zero-order chi connectivity index (χ0) is 12.1. The van der Waals surface area contributed by atoms with Crippen LogP contribution in [0.4, 0.5) is 5.82 Å². The molecule has 0 amide bonds. The predicted molar refractivity (Wildman–Crippen MR) is 70.1 cm³/mol. The van der Waals surface area contributed by atoms with Crippen molar-refractivity contribution in [3.63, 3.8) is 0 Å². The SMILES string of the molecule is C=C(C)CN(C)c1ncc(CNC)cc1Cl. The standard InChI is InChI=1S/C12H18ClN3/c1-9(2)8-16(4)12-11(13)5-10(6-14-3)7-15-12/h5,7,14H,1,6,8H2,2-4H3. The lowest BCUT2D eigenvalue weighted by Crippen LogP contribution is -2.20. The van der Waals surface area contributed by atoms with Crippen molar-refractivity contribution in [1.82, 2.24) is 10.3 Å². The van der Waals surface area contributed by atoms with Crippen LogP contribution in [0.15, 0.2) is 24.4 Å². The summed E-state index contributed by atoms with van der Waals surface area (Å²) in [5.41, 5.74) is 2.17. The molecule has 0 radical (unpaired) electrons. The lowest BCUT2D eigenvalue weighted by molar-refractivity contribution is 0.811. The molecule has 1 N–H and O–H groups in total. The first kappa shape index (κ1) is 13.0. The van der Waals surface area contributed by atoms with E-state index in [0.717, 1.165) is 30.0 Å². The summed E-state index contributed by atoms with van der Waals surface area (Å²) in [7, 11) is 3.86. The molecule has 0 spiro atoms. The first-order valence-electron chi connectivity index (χ1n) is 5.19. The second-order valence-corrected chi connectivity index (χ2v) is 4.40. The molecular weight excluding hydrogens is 222 g/mol. The van der Waals surface area contributed by atoms with Gasteiger partial charge in [-0.25, -0.2) is 4.98 Å². The zero-order valence-electron chi connectivity index (χ0n) is 10.0. The Bertz CT molecular complexity index is 377. The van der Waals surface area contributed by atoms with Crippen molar-refractivity contribution < 1.29 is 0 Å². The van der Waals surface area contributed by atoms with Crippen LogP contribution in [0.25, 0.3) is 0 Å². The third-order valence-corrected chi connectivity index (χ3v) is 2.41. The van der Waals surface area contributed by atoms with Crippen LogP contribution in [-0.4, -0.2) is 25.6 Å². The third-order valence-electron chi connectivity index (χ3n) is 2.13. The van der Waals surface area contributed by atoms with Gasteiger partial charge >= 0.3 is 0 Å². The number of aromatic nitrogens is 1. The van der Waals surface area contributed by atoms with E-state index in [1.165, 1.54) is 0 Å². The molecule has 1 aromatic heterocycles. The molecule has 0 aromatic carbocycles. The Labute approximate surface area is 102 Å². The highest BCUT2D eigenvalue weighted by molar-refractivity contribution is 6.33. The highest BCUT2D eigenvalue weighted by Gasteiger charge is 2.08. The number of halogens is 1. The van der Waals surface area contributed by atoms with Gasteiger partial charge < -0.3 is 10.2 Å². The molecule has 0 bridgehead atoms. The number of hydrogen-bond donors (Lipinski definition) is 1. The number of hydrogen-bond acceptors (Lipinski definition) is 3. The van der Waals surface area contributed by atoms with Crippen molar-refractivity contribution in [3.05, 3.63) is 35.0 Å². The summed E-state index contributed by atoms with van der Waals surface area (Å²) in [6.07, 6.45) is 1.84. The van der Waals surface area contributed by atoms with E-state index in [4.69, 9.17) is 11.6 Å². The van der Waals surface area contributed by atoms with Gasteiger partial charge in [0.25, 0.3) is 0 Å². The minimum Gasteiger partial charge on any atom is -0.354 e. The Hall–Kier alpha value is -1.06. The van der Waals surface area contributed by atoms with Gasteiger partial charge in [0.2, 0.25) is 0 Å². The van der Waals surface area contributed by atoms with Crippen LogP contribution < -0.4 is 10.2 Å². The average molecular weight is 240 g/mol. The smallest absolute Gasteiger partial charge is 0.147 e. The van der Waals surface area contributed by atoms with Crippen LogP contribution in [0.2, 0.25) is 5.02 Å². The lowest BCUT2D eigenvalue weighted by atomic mass is 10.2. The van der Waals surface area contributed by atoms with Crippen molar-refractivity contribution >= 4 is 17.4 Å². The number of rotatable bonds is 5. The molecule has 1 aromatic rings. The topological polar surface area (TPSA) is 28.2 Å². The van der Waals surface area contributed by atoms with Crippen molar-refractivity contribution in [2.75, 3.05) is 25.5 Å². The van der Waals surface area contributed by atoms with Crippen molar-refractivity contribution in [2.45, 2.75) is 13.5 Å². The van der Waals surface area contributed by atoms with E-state index < -0.39 is 0 Å². The second kappa shape index (κ2) is 5.87. The fourth-order valence-electron chi connectivity index (χ4n) is 1.53. The van der Waals surface area contributed by atoms with Gasteiger partial charge in [-0.15, -0.1) is 0 Å². The predicted octanol–water partition coefficient (Wildman–Crippen LogP) is 2.47. The van der Waals surface area contributed by atoms with Crippen molar-refractivity contribution in [3.8, 4) is 0 Å². The number of nitrogens with one attached hydrogen (secondary N) is 1. The summed E-state index contributed by atoms with van der Waals surface area (Å²) in [5.74, 6) is 0.796. The molecule has 4 heteroatoms. The van der Waals surface area contributed by atoms with Gasteiger partial charge in [-0.1, -0.05) is 23.8 Å². The van der Waals surface area contributed by atoms with E-state index in [9.17, 15) is 0 Å². The molecule has 0 aliphatic rings. The minimum atomic E-state index is 0.677. The molecule has 0 unspecified atom stereocenters. The molecule has 88 valence electrons. The molecule has 0 fully saturated rings. The quantitative estimate of drug-likeness (QED) is 0.801. The van der Waals surface area contributed by atoms with Gasteiger partial charge in [0.15, 0.2) is 0 Å². The van der Waals surface area contributed by atoms with E-state index in [1.807, 2.05) is 38.2 Å². The molecule has 0 aliphatic heterocycles. The highest BCUT2D eigenvalue weighted by Crippen LogP contribution is 2.23. The number of anilines is 1. The first-order valence-corrected chi connectivity index (χ1v) is 5.57. The molecular formula is C12H18ClN3. The Morgan fingerprint density at radius 1 is 1.62 bits per heavy atom. The lowest BCUT2D eigenvalue weighted by Gasteiger charge is -2.19. The van der Waals surface area contributed by atoms with Gasteiger partial charge in [0.05, 0.1) is 5.02 Å². The minimum absolute atomic E-state index is 0.677. The second-order valence-electron chi connectivity index (χ2n) is 3.99. The Balaban J connectivity index is 2.85.